The normalized spacial score (nSPS) is 15.0. The van der Waals surface area contributed by atoms with Crippen LogP contribution in [-0.2, 0) is 10.2 Å². The number of hydrogen-bond acceptors (Lipinski definition) is 4. The Labute approximate surface area is 216 Å². The molecule has 1 aliphatic rings. The van der Waals surface area contributed by atoms with Gasteiger partial charge in [0.05, 0.1) is 0 Å². The van der Waals surface area contributed by atoms with Crippen molar-refractivity contribution in [2.45, 2.75) is 18.8 Å². The molecule has 37 heavy (non-hydrogen) atoms. The van der Waals surface area contributed by atoms with E-state index in [9.17, 15) is 22.0 Å². The van der Waals surface area contributed by atoms with Crippen molar-refractivity contribution >= 4 is 21.9 Å². The number of amides is 2. The highest BCUT2D eigenvalue weighted by Crippen LogP contribution is 2.30. The molecule has 0 radical (unpaired) electrons. The van der Waals surface area contributed by atoms with Gasteiger partial charge in [-0.3, -0.25) is 0 Å². The molecule has 0 aliphatic carbocycles. The molecule has 0 atom stereocenters. The van der Waals surface area contributed by atoms with Crippen LogP contribution in [0.25, 0.3) is 0 Å². The molecule has 0 spiro atoms. The Morgan fingerprint density at radius 3 is 1.89 bits per heavy atom. The number of rotatable bonds is 9. The number of halogens is 2. The van der Waals surface area contributed by atoms with Gasteiger partial charge in [-0.15, -0.1) is 0 Å². The highest BCUT2D eigenvalue weighted by atomic mass is 32.2. The lowest BCUT2D eigenvalue weighted by molar-refractivity contribution is 0.184. The molecule has 4 rings (SSSR count). The van der Waals surface area contributed by atoms with Gasteiger partial charge in [-0.1, -0.05) is 42.5 Å². The topological polar surface area (TPSA) is 81.8 Å². The highest BCUT2D eigenvalue weighted by molar-refractivity contribution is 7.87. The minimum Gasteiger partial charge on any atom is -0.307 e. The van der Waals surface area contributed by atoms with Crippen LogP contribution in [0.4, 0.5) is 19.3 Å². The number of para-hydroxylation sites is 1. The van der Waals surface area contributed by atoms with Gasteiger partial charge >= 0.3 is 16.2 Å². The number of nitrogens with zero attached hydrogens (tertiary/aromatic N) is 2. The predicted molar refractivity (Wildman–Crippen MR) is 139 cm³/mol. The van der Waals surface area contributed by atoms with Gasteiger partial charge in [-0.25, -0.2) is 18.3 Å². The zero-order valence-electron chi connectivity index (χ0n) is 20.3. The summed E-state index contributed by atoms with van der Waals surface area (Å²) in [5.41, 5.74) is 2.42. The monoisotopic (exact) mass is 528 g/mol. The highest BCUT2D eigenvalue weighted by Gasteiger charge is 2.28. The van der Waals surface area contributed by atoms with Crippen molar-refractivity contribution in [3.63, 3.8) is 0 Å². The summed E-state index contributed by atoms with van der Waals surface area (Å²) in [7, 11) is -3.96. The Kier molecular flexibility index (Phi) is 8.86. The number of carbonyl (C=O) groups excluding carboxylic acids is 1. The van der Waals surface area contributed by atoms with Gasteiger partial charge in [0.1, 0.15) is 11.6 Å². The Morgan fingerprint density at radius 2 is 1.35 bits per heavy atom. The van der Waals surface area contributed by atoms with E-state index in [4.69, 9.17) is 0 Å². The lowest BCUT2D eigenvalue weighted by Crippen LogP contribution is -2.53. The molecular formula is C27H30F2N4O3S. The van der Waals surface area contributed by atoms with E-state index in [1.54, 1.807) is 54.6 Å². The van der Waals surface area contributed by atoms with Crippen molar-refractivity contribution in [1.29, 1.82) is 0 Å². The number of carbonyl (C=O) groups is 1. The first-order chi connectivity index (χ1) is 17.8. The van der Waals surface area contributed by atoms with Crippen molar-refractivity contribution in [3.05, 3.63) is 102 Å². The molecule has 1 aliphatic heterocycles. The van der Waals surface area contributed by atoms with Crippen molar-refractivity contribution in [2.75, 3.05) is 38.0 Å². The van der Waals surface area contributed by atoms with Crippen LogP contribution in [-0.4, -0.2) is 56.4 Å². The number of anilines is 1. The van der Waals surface area contributed by atoms with Gasteiger partial charge in [0.15, 0.2) is 0 Å². The van der Waals surface area contributed by atoms with Crippen molar-refractivity contribution in [1.82, 2.24) is 13.9 Å². The SMILES string of the molecule is O=C(Nc1ccccc1)NS(=O)(=O)N1CCN(CCCC(c2ccc(F)cc2)c2ccc(F)cc2)CC1. The van der Waals surface area contributed by atoms with Crippen molar-refractivity contribution < 1.29 is 22.0 Å². The fraction of sp³-hybridized carbons (Fsp3) is 0.296. The molecule has 1 heterocycles. The average Bonchev–Trinajstić information content (AvgIpc) is 2.88. The Hall–Kier alpha value is -3.34. The molecule has 7 nitrogen and oxygen atoms in total. The number of benzene rings is 3. The van der Waals surface area contributed by atoms with Crippen LogP contribution in [0.15, 0.2) is 78.9 Å². The van der Waals surface area contributed by atoms with E-state index in [1.807, 2.05) is 0 Å². The molecule has 0 bridgehead atoms. The standard InChI is InChI=1S/C27H30F2N4O3S/c28-23-12-8-21(9-13-23)26(22-10-14-24(29)15-11-22)7-4-16-32-17-19-33(20-18-32)37(35,36)31-27(34)30-25-5-2-1-3-6-25/h1-3,5-6,8-15,26H,4,7,16-20H2,(H2,30,31,34). The first-order valence-electron chi connectivity index (χ1n) is 12.2. The summed E-state index contributed by atoms with van der Waals surface area (Å²) in [4.78, 5) is 14.3. The minimum atomic E-state index is -3.96. The Balaban J connectivity index is 1.27. The van der Waals surface area contributed by atoms with Gasteiger partial charge in [0, 0.05) is 37.8 Å². The average molecular weight is 529 g/mol. The van der Waals surface area contributed by atoms with E-state index < -0.39 is 16.2 Å². The van der Waals surface area contributed by atoms with E-state index in [2.05, 4.69) is 14.9 Å². The quantitative estimate of drug-likeness (QED) is 0.427. The molecule has 196 valence electrons. The fourth-order valence-electron chi connectivity index (χ4n) is 4.49. The molecule has 3 aromatic rings. The second kappa shape index (κ2) is 12.3. The summed E-state index contributed by atoms with van der Waals surface area (Å²) in [6.45, 7) is 2.38. The third kappa shape index (κ3) is 7.58. The lowest BCUT2D eigenvalue weighted by atomic mass is 9.87. The molecule has 1 saturated heterocycles. The third-order valence-corrected chi connectivity index (χ3v) is 7.92. The number of urea groups is 1. The van der Waals surface area contributed by atoms with Crippen LogP contribution in [0.5, 0.6) is 0 Å². The van der Waals surface area contributed by atoms with E-state index in [-0.39, 0.29) is 30.6 Å². The summed E-state index contributed by atoms with van der Waals surface area (Å²) < 4.78 is 55.5. The predicted octanol–water partition coefficient (Wildman–Crippen LogP) is 4.56. The molecule has 2 amide bonds. The fourth-order valence-corrected chi connectivity index (χ4v) is 5.55. The van der Waals surface area contributed by atoms with Crippen LogP contribution in [0.3, 0.4) is 0 Å². The summed E-state index contributed by atoms with van der Waals surface area (Å²) in [5.74, 6) is -0.613. The largest absolute Gasteiger partial charge is 0.333 e. The summed E-state index contributed by atoms with van der Waals surface area (Å²) in [5, 5.41) is 2.51. The van der Waals surface area contributed by atoms with Crippen LogP contribution in [0, 0.1) is 11.6 Å². The smallest absolute Gasteiger partial charge is 0.307 e. The summed E-state index contributed by atoms with van der Waals surface area (Å²) in [6.07, 6.45) is 1.60. The van der Waals surface area contributed by atoms with E-state index in [1.165, 1.54) is 28.6 Å². The number of nitrogens with one attached hydrogen (secondary N) is 2. The second-order valence-electron chi connectivity index (χ2n) is 8.97. The number of piperazine rings is 1. The molecule has 1 fully saturated rings. The van der Waals surface area contributed by atoms with Gasteiger partial charge in [-0.2, -0.15) is 12.7 Å². The van der Waals surface area contributed by atoms with Gasteiger partial charge in [0.25, 0.3) is 0 Å². The van der Waals surface area contributed by atoms with E-state index in [0.29, 0.717) is 18.8 Å². The lowest BCUT2D eigenvalue weighted by Gasteiger charge is -2.34. The Bertz CT molecular complexity index is 1220. The summed E-state index contributed by atoms with van der Waals surface area (Å²) in [6, 6.07) is 20.6. The van der Waals surface area contributed by atoms with Gasteiger partial charge in [0.2, 0.25) is 0 Å². The van der Waals surface area contributed by atoms with Crippen LogP contribution >= 0.6 is 0 Å². The maximum absolute atomic E-state index is 13.5. The van der Waals surface area contributed by atoms with Gasteiger partial charge in [-0.05, 0) is 66.9 Å². The maximum Gasteiger partial charge on any atom is 0.333 e. The molecule has 0 saturated carbocycles. The Morgan fingerprint density at radius 1 is 0.811 bits per heavy atom. The molecular weight excluding hydrogens is 498 g/mol. The maximum atomic E-state index is 13.5. The third-order valence-electron chi connectivity index (χ3n) is 6.44. The molecule has 0 aromatic heterocycles. The number of hydrogen-bond donors (Lipinski definition) is 2. The molecule has 2 N–H and O–H groups in total. The van der Waals surface area contributed by atoms with Crippen molar-refractivity contribution in [3.8, 4) is 0 Å². The molecule has 3 aromatic carbocycles. The molecule has 10 heteroatoms. The zero-order valence-corrected chi connectivity index (χ0v) is 21.1. The van der Waals surface area contributed by atoms with Crippen LogP contribution in [0.2, 0.25) is 0 Å². The summed E-state index contributed by atoms with van der Waals surface area (Å²) >= 11 is 0. The van der Waals surface area contributed by atoms with Gasteiger partial charge < -0.3 is 10.2 Å². The first kappa shape index (κ1) is 26.7. The first-order valence-corrected chi connectivity index (χ1v) is 13.6. The second-order valence-corrected chi connectivity index (χ2v) is 10.6. The van der Waals surface area contributed by atoms with E-state index in [0.717, 1.165) is 30.5 Å². The minimum absolute atomic E-state index is 0.00445. The molecule has 0 unspecified atom stereocenters. The van der Waals surface area contributed by atoms with Crippen molar-refractivity contribution in [2.24, 2.45) is 0 Å². The van der Waals surface area contributed by atoms with E-state index >= 15 is 0 Å². The zero-order chi connectivity index (χ0) is 26.3. The van der Waals surface area contributed by atoms with Crippen LogP contribution < -0.4 is 10.0 Å². The van der Waals surface area contributed by atoms with Crippen LogP contribution in [0.1, 0.15) is 29.9 Å².